The predicted octanol–water partition coefficient (Wildman–Crippen LogP) is -0.141. The topological polar surface area (TPSA) is 107 Å². The van der Waals surface area contributed by atoms with Crippen LogP contribution in [0.25, 0.3) is 0 Å². The molecule has 1 rings (SSSR count). The standard InChI is InChI=1S/C7H8N2O4S/c8-9(14(12)13)6-3-1-5(2-4-6)7(10)11/h1-4H,8H2,(H,10,11)(H,12,13)/p-1. The number of hydrazine groups is 1. The van der Waals surface area contributed by atoms with Crippen LogP contribution in [0.4, 0.5) is 5.69 Å². The zero-order valence-corrected chi connectivity index (χ0v) is 7.73. The van der Waals surface area contributed by atoms with Crippen LogP contribution in [0.15, 0.2) is 24.3 Å². The van der Waals surface area contributed by atoms with Crippen molar-refractivity contribution in [1.29, 1.82) is 0 Å². The number of hydrogen-bond acceptors (Lipinski definition) is 4. The number of nitrogens with two attached hydrogens (primary N) is 1. The number of hydrogen-bond donors (Lipinski definition) is 2. The van der Waals surface area contributed by atoms with Gasteiger partial charge in [-0.25, -0.2) is 15.1 Å². The first-order valence-corrected chi connectivity index (χ1v) is 4.53. The van der Waals surface area contributed by atoms with Gasteiger partial charge in [0.1, 0.15) is 0 Å². The summed E-state index contributed by atoms with van der Waals surface area (Å²) in [6.07, 6.45) is 0. The second-order valence-electron chi connectivity index (χ2n) is 2.39. The molecule has 1 aromatic carbocycles. The van der Waals surface area contributed by atoms with Gasteiger partial charge in [0.15, 0.2) is 0 Å². The molecule has 0 aliphatic heterocycles. The molecule has 0 aliphatic carbocycles. The second-order valence-corrected chi connectivity index (χ2v) is 3.22. The summed E-state index contributed by atoms with van der Waals surface area (Å²) < 4.78 is 21.3. The van der Waals surface area contributed by atoms with E-state index >= 15 is 0 Å². The Hall–Kier alpha value is -1.44. The van der Waals surface area contributed by atoms with Crippen LogP contribution in [0.1, 0.15) is 10.4 Å². The van der Waals surface area contributed by atoms with Crippen molar-refractivity contribution in [2.75, 3.05) is 4.41 Å². The number of carboxylic acid groups (broad SMARTS) is 1. The predicted molar refractivity (Wildman–Crippen MR) is 49.0 cm³/mol. The third kappa shape index (κ3) is 2.28. The Balaban J connectivity index is 2.94. The number of benzene rings is 1. The second kappa shape index (κ2) is 4.18. The van der Waals surface area contributed by atoms with E-state index in [1.807, 2.05) is 0 Å². The lowest BCUT2D eigenvalue weighted by atomic mass is 10.2. The first-order chi connectivity index (χ1) is 6.52. The molecule has 76 valence electrons. The summed E-state index contributed by atoms with van der Waals surface area (Å²) >= 11 is -2.56. The van der Waals surface area contributed by atoms with Crippen LogP contribution in [0, 0.1) is 0 Å². The number of carboxylic acids is 1. The average Bonchev–Trinajstić information content (AvgIpc) is 2.16. The van der Waals surface area contributed by atoms with E-state index in [-0.39, 0.29) is 11.3 Å². The smallest absolute Gasteiger partial charge is 0.335 e. The minimum atomic E-state index is -2.56. The van der Waals surface area contributed by atoms with Crippen LogP contribution < -0.4 is 10.3 Å². The van der Waals surface area contributed by atoms with Gasteiger partial charge in [-0.1, -0.05) is 0 Å². The van der Waals surface area contributed by atoms with Crippen LogP contribution in [0.2, 0.25) is 0 Å². The first kappa shape index (κ1) is 10.6. The van der Waals surface area contributed by atoms with Crippen LogP contribution in [-0.4, -0.2) is 19.8 Å². The maximum absolute atomic E-state index is 10.4. The van der Waals surface area contributed by atoms with Gasteiger partial charge in [0, 0.05) is 0 Å². The number of rotatable bonds is 3. The highest BCUT2D eigenvalue weighted by atomic mass is 32.2. The van der Waals surface area contributed by atoms with Crippen molar-refractivity contribution in [1.82, 2.24) is 0 Å². The molecule has 1 atom stereocenters. The number of carbonyl (C=O) groups is 1. The number of aromatic carboxylic acids is 1. The molecular weight excluding hydrogens is 208 g/mol. The summed E-state index contributed by atoms with van der Waals surface area (Å²) in [5.41, 5.74) is 0.266. The van der Waals surface area contributed by atoms with Crippen molar-refractivity contribution in [3.8, 4) is 0 Å². The highest BCUT2D eigenvalue weighted by Gasteiger charge is 2.04. The largest absolute Gasteiger partial charge is 0.754 e. The van der Waals surface area contributed by atoms with Crippen LogP contribution in [-0.2, 0) is 11.3 Å². The van der Waals surface area contributed by atoms with E-state index in [1.165, 1.54) is 24.3 Å². The fourth-order valence-corrected chi connectivity index (χ4v) is 1.13. The molecule has 3 N–H and O–H groups in total. The minimum absolute atomic E-state index is 0.0684. The molecule has 1 unspecified atom stereocenters. The zero-order chi connectivity index (χ0) is 10.7. The molecule has 0 aromatic heterocycles. The Bertz CT molecular complexity index is 364. The van der Waals surface area contributed by atoms with Gasteiger partial charge in [-0.2, -0.15) is 0 Å². The fraction of sp³-hybridized carbons (Fsp3) is 0. The molecule has 0 aliphatic rings. The molecule has 6 nitrogen and oxygen atoms in total. The Morgan fingerprint density at radius 2 is 1.93 bits per heavy atom. The SMILES string of the molecule is NN(c1ccc(C(=O)O)cc1)S(=O)[O-]. The molecule has 0 radical (unpaired) electrons. The number of anilines is 1. The van der Waals surface area contributed by atoms with Gasteiger partial charge in [0.05, 0.1) is 22.5 Å². The van der Waals surface area contributed by atoms with Gasteiger partial charge in [-0.15, -0.1) is 0 Å². The van der Waals surface area contributed by atoms with Crippen molar-refractivity contribution in [2.45, 2.75) is 0 Å². The minimum Gasteiger partial charge on any atom is -0.754 e. The first-order valence-electron chi connectivity index (χ1n) is 3.50. The van der Waals surface area contributed by atoms with Crippen molar-refractivity contribution >= 4 is 22.9 Å². The zero-order valence-electron chi connectivity index (χ0n) is 6.91. The van der Waals surface area contributed by atoms with Crippen molar-refractivity contribution in [2.24, 2.45) is 5.84 Å². The Morgan fingerprint density at radius 3 is 2.29 bits per heavy atom. The fourth-order valence-electron chi connectivity index (χ4n) is 0.837. The van der Waals surface area contributed by atoms with Gasteiger partial charge >= 0.3 is 5.97 Å². The maximum Gasteiger partial charge on any atom is 0.335 e. The summed E-state index contributed by atoms with van der Waals surface area (Å²) in [6, 6.07) is 5.15. The third-order valence-corrected chi connectivity index (χ3v) is 2.06. The Kier molecular flexibility index (Phi) is 3.18. The summed E-state index contributed by atoms with van der Waals surface area (Å²) in [4.78, 5) is 10.4. The molecular formula is C7H7N2O4S-. The molecule has 0 amide bonds. The van der Waals surface area contributed by atoms with E-state index in [0.717, 1.165) is 0 Å². The molecule has 14 heavy (non-hydrogen) atoms. The lowest BCUT2D eigenvalue weighted by molar-refractivity contribution is 0.0697. The Labute approximate surface area is 82.3 Å². The van der Waals surface area contributed by atoms with Crippen LogP contribution >= 0.6 is 0 Å². The van der Waals surface area contributed by atoms with E-state index in [1.54, 1.807) is 0 Å². The van der Waals surface area contributed by atoms with Gasteiger partial charge in [-0.3, -0.25) is 4.21 Å². The van der Waals surface area contributed by atoms with Gasteiger partial charge in [-0.05, 0) is 24.3 Å². The van der Waals surface area contributed by atoms with E-state index in [0.29, 0.717) is 4.41 Å². The van der Waals surface area contributed by atoms with E-state index in [4.69, 9.17) is 10.9 Å². The maximum atomic E-state index is 10.4. The summed E-state index contributed by atoms with van der Waals surface area (Å²) in [7, 11) is 0. The monoisotopic (exact) mass is 215 g/mol. The molecule has 1 aromatic rings. The summed E-state index contributed by atoms with van der Waals surface area (Å²) in [5, 5.41) is 8.56. The van der Waals surface area contributed by atoms with Gasteiger partial charge < -0.3 is 9.66 Å². The van der Waals surface area contributed by atoms with Crippen LogP contribution in [0.3, 0.4) is 0 Å². The number of nitrogens with zero attached hydrogens (tertiary/aromatic N) is 1. The van der Waals surface area contributed by atoms with Gasteiger partial charge in [0.2, 0.25) is 0 Å². The van der Waals surface area contributed by atoms with Crippen molar-refractivity contribution < 1.29 is 18.7 Å². The average molecular weight is 215 g/mol. The molecule has 0 spiro atoms. The lowest BCUT2D eigenvalue weighted by Gasteiger charge is -2.20. The molecule has 0 fully saturated rings. The van der Waals surface area contributed by atoms with Gasteiger partial charge in [0.25, 0.3) is 0 Å². The lowest BCUT2D eigenvalue weighted by Crippen LogP contribution is -2.32. The highest BCUT2D eigenvalue weighted by Crippen LogP contribution is 2.13. The molecule has 0 saturated carbocycles. The van der Waals surface area contributed by atoms with Crippen molar-refractivity contribution in [3.05, 3.63) is 29.8 Å². The summed E-state index contributed by atoms with van der Waals surface area (Å²) in [6.45, 7) is 0. The normalized spacial score (nSPS) is 12.1. The quantitative estimate of drug-likeness (QED) is 0.414. The molecule has 0 saturated heterocycles. The molecule has 7 heteroatoms. The Morgan fingerprint density at radius 1 is 1.43 bits per heavy atom. The van der Waals surface area contributed by atoms with E-state index in [9.17, 15) is 13.6 Å². The molecule has 0 heterocycles. The van der Waals surface area contributed by atoms with Crippen LogP contribution in [0.5, 0.6) is 0 Å². The summed E-state index contributed by atoms with van der Waals surface area (Å²) in [5.74, 6) is 4.06. The molecule has 0 bridgehead atoms. The third-order valence-electron chi connectivity index (χ3n) is 1.53. The van der Waals surface area contributed by atoms with E-state index in [2.05, 4.69) is 0 Å². The van der Waals surface area contributed by atoms with E-state index < -0.39 is 17.2 Å². The van der Waals surface area contributed by atoms with Crippen molar-refractivity contribution in [3.63, 3.8) is 0 Å². The highest BCUT2D eigenvalue weighted by molar-refractivity contribution is 7.80.